The first kappa shape index (κ1) is 12.1. The summed E-state index contributed by atoms with van der Waals surface area (Å²) < 4.78 is 0. The zero-order chi connectivity index (χ0) is 12.3. The number of amides is 1. The Labute approximate surface area is 107 Å². The van der Waals surface area contributed by atoms with Crippen LogP contribution in [0, 0.1) is 0 Å². The number of nitrogens with zero attached hydrogens (tertiary/aromatic N) is 1. The largest absolute Gasteiger partial charge is 0.397 e. The van der Waals surface area contributed by atoms with Gasteiger partial charge < -0.3 is 11.1 Å². The Bertz CT molecular complexity index is 493. The van der Waals surface area contributed by atoms with E-state index in [0.717, 1.165) is 5.01 Å². The molecule has 0 aliphatic heterocycles. The van der Waals surface area contributed by atoms with E-state index in [4.69, 9.17) is 5.73 Å². The van der Waals surface area contributed by atoms with Crippen molar-refractivity contribution in [2.75, 3.05) is 12.3 Å². The lowest BCUT2D eigenvalue weighted by Gasteiger charge is -2.09. The molecule has 1 atom stereocenters. The average Bonchev–Trinajstić information content (AvgIpc) is 2.95. The number of nitrogens with one attached hydrogen (secondary N) is 1. The van der Waals surface area contributed by atoms with Gasteiger partial charge in [0.2, 0.25) is 0 Å². The van der Waals surface area contributed by atoms with Crippen LogP contribution in [0.2, 0.25) is 0 Å². The van der Waals surface area contributed by atoms with E-state index < -0.39 is 0 Å². The number of nitrogen functional groups attached to an aromatic ring is 1. The lowest BCUT2D eigenvalue weighted by molar-refractivity contribution is 0.0956. The predicted octanol–water partition coefficient (Wildman–Crippen LogP) is 2.32. The minimum atomic E-state index is -0.110. The fourth-order valence-corrected chi connectivity index (χ4v) is 2.83. The highest BCUT2D eigenvalue weighted by Crippen LogP contribution is 2.20. The molecule has 3 N–H and O–H groups in total. The van der Waals surface area contributed by atoms with Crippen molar-refractivity contribution in [1.82, 2.24) is 10.3 Å². The minimum absolute atomic E-state index is 0.110. The summed E-state index contributed by atoms with van der Waals surface area (Å²) in [6.07, 6.45) is 1.77. The number of thiophene rings is 1. The highest BCUT2D eigenvalue weighted by molar-refractivity contribution is 7.12. The fourth-order valence-electron chi connectivity index (χ4n) is 1.39. The van der Waals surface area contributed by atoms with Gasteiger partial charge >= 0.3 is 0 Å². The third-order valence-electron chi connectivity index (χ3n) is 2.34. The Kier molecular flexibility index (Phi) is 3.75. The summed E-state index contributed by atoms with van der Waals surface area (Å²) in [7, 11) is 0. The SMILES string of the molecule is CC(CNC(=O)c1sccc1N)c1nccs1. The van der Waals surface area contributed by atoms with Gasteiger partial charge in [-0.3, -0.25) is 4.79 Å². The van der Waals surface area contributed by atoms with Crippen molar-refractivity contribution >= 4 is 34.3 Å². The third kappa shape index (κ3) is 2.83. The van der Waals surface area contributed by atoms with Crippen molar-refractivity contribution in [3.8, 4) is 0 Å². The number of carbonyl (C=O) groups excluding carboxylic acids is 1. The third-order valence-corrected chi connectivity index (χ3v) is 4.28. The normalized spacial score (nSPS) is 12.3. The lowest BCUT2D eigenvalue weighted by Crippen LogP contribution is -2.27. The minimum Gasteiger partial charge on any atom is -0.397 e. The van der Waals surface area contributed by atoms with Gasteiger partial charge in [0.1, 0.15) is 4.88 Å². The van der Waals surface area contributed by atoms with Gasteiger partial charge in [-0.05, 0) is 11.4 Å². The first-order valence-corrected chi connectivity index (χ1v) is 6.95. The quantitative estimate of drug-likeness (QED) is 0.893. The standard InChI is InChI=1S/C11H13N3OS2/c1-7(11-13-3-5-17-11)6-14-10(15)9-8(12)2-4-16-9/h2-5,7H,6,12H2,1H3,(H,14,15). The van der Waals surface area contributed by atoms with Crippen molar-refractivity contribution in [1.29, 1.82) is 0 Å². The van der Waals surface area contributed by atoms with E-state index >= 15 is 0 Å². The summed E-state index contributed by atoms with van der Waals surface area (Å²) in [6, 6.07) is 1.74. The first-order valence-electron chi connectivity index (χ1n) is 5.19. The van der Waals surface area contributed by atoms with Crippen molar-refractivity contribution in [3.63, 3.8) is 0 Å². The molecule has 0 saturated carbocycles. The summed E-state index contributed by atoms with van der Waals surface area (Å²) in [4.78, 5) is 16.6. The molecule has 6 heteroatoms. The van der Waals surface area contributed by atoms with Crippen LogP contribution in [-0.4, -0.2) is 17.4 Å². The molecular weight excluding hydrogens is 254 g/mol. The Balaban J connectivity index is 1.91. The lowest BCUT2D eigenvalue weighted by atomic mass is 10.2. The van der Waals surface area contributed by atoms with E-state index in [2.05, 4.69) is 10.3 Å². The zero-order valence-electron chi connectivity index (χ0n) is 9.34. The second-order valence-electron chi connectivity index (χ2n) is 3.69. The Morgan fingerprint density at radius 1 is 1.53 bits per heavy atom. The van der Waals surface area contributed by atoms with Crippen LogP contribution in [0.1, 0.15) is 27.5 Å². The Morgan fingerprint density at radius 3 is 2.94 bits per heavy atom. The summed E-state index contributed by atoms with van der Waals surface area (Å²) in [6.45, 7) is 2.61. The van der Waals surface area contributed by atoms with Crippen molar-refractivity contribution in [2.24, 2.45) is 0 Å². The molecule has 0 aromatic carbocycles. The Hall–Kier alpha value is -1.40. The maximum absolute atomic E-state index is 11.8. The van der Waals surface area contributed by atoms with Gasteiger partial charge in [0.25, 0.3) is 5.91 Å². The van der Waals surface area contributed by atoms with E-state index in [9.17, 15) is 4.79 Å². The van der Waals surface area contributed by atoms with Crippen molar-refractivity contribution < 1.29 is 4.79 Å². The summed E-state index contributed by atoms with van der Waals surface area (Å²) in [5, 5.41) is 7.65. The van der Waals surface area contributed by atoms with Gasteiger partial charge in [-0.15, -0.1) is 22.7 Å². The van der Waals surface area contributed by atoms with Gasteiger partial charge in [-0.2, -0.15) is 0 Å². The zero-order valence-corrected chi connectivity index (χ0v) is 11.0. The van der Waals surface area contributed by atoms with Crippen LogP contribution < -0.4 is 11.1 Å². The van der Waals surface area contributed by atoms with Crippen LogP contribution in [0.3, 0.4) is 0 Å². The molecule has 0 fully saturated rings. The molecule has 2 rings (SSSR count). The van der Waals surface area contributed by atoms with E-state index in [0.29, 0.717) is 17.1 Å². The van der Waals surface area contributed by atoms with Gasteiger partial charge in [-0.1, -0.05) is 6.92 Å². The van der Waals surface area contributed by atoms with Gasteiger partial charge in [0.05, 0.1) is 10.7 Å². The second-order valence-corrected chi connectivity index (χ2v) is 5.53. The van der Waals surface area contributed by atoms with E-state index in [1.165, 1.54) is 11.3 Å². The fraction of sp³-hybridized carbons (Fsp3) is 0.273. The number of nitrogens with two attached hydrogens (primary N) is 1. The van der Waals surface area contributed by atoms with E-state index in [1.807, 2.05) is 17.7 Å². The summed E-state index contributed by atoms with van der Waals surface area (Å²) in [5.41, 5.74) is 6.22. The molecule has 0 aliphatic rings. The number of thiazole rings is 1. The molecule has 17 heavy (non-hydrogen) atoms. The molecule has 4 nitrogen and oxygen atoms in total. The topological polar surface area (TPSA) is 68.0 Å². The van der Waals surface area contributed by atoms with Gasteiger partial charge in [0, 0.05) is 24.0 Å². The smallest absolute Gasteiger partial charge is 0.263 e. The molecule has 2 aromatic heterocycles. The molecule has 1 unspecified atom stereocenters. The molecule has 2 aromatic rings. The van der Waals surface area contributed by atoms with Crippen molar-refractivity contribution in [3.05, 3.63) is 32.9 Å². The molecule has 0 bridgehead atoms. The number of rotatable bonds is 4. The van der Waals surface area contributed by atoms with Crippen LogP contribution >= 0.6 is 22.7 Å². The molecule has 0 saturated heterocycles. The molecule has 0 spiro atoms. The van der Waals surface area contributed by atoms with Gasteiger partial charge in [0.15, 0.2) is 0 Å². The monoisotopic (exact) mass is 267 g/mol. The number of hydrogen-bond donors (Lipinski definition) is 2. The van der Waals surface area contributed by atoms with Crippen LogP contribution in [0.25, 0.3) is 0 Å². The van der Waals surface area contributed by atoms with E-state index in [1.54, 1.807) is 23.6 Å². The van der Waals surface area contributed by atoms with Crippen LogP contribution in [-0.2, 0) is 0 Å². The molecule has 0 radical (unpaired) electrons. The number of carbonyl (C=O) groups is 1. The highest BCUT2D eigenvalue weighted by atomic mass is 32.1. The van der Waals surface area contributed by atoms with Crippen LogP contribution in [0.15, 0.2) is 23.0 Å². The molecular formula is C11H13N3OS2. The molecule has 2 heterocycles. The molecule has 1 amide bonds. The van der Waals surface area contributed by atoms with E-state index in [-0.39, 0.29) is 11.8 Å². The Morgan fingerprint density at radius 2 is 2.35 bits per heavy atom. The highest BCUT2D eigenvalue weighted by Gasteiger charge is 2.13. The summed E-state index contributed by atoms with van der Waals surface area (Å²) in [5.74, 6) is 0.112. The first-order chi connectivity index (χ1) is 8.18. The van der Waals surface area contributed by atoms with Gasteiger partial charge in [-0.25, -0.2) is 4.98 Å². The maximum Gasteiger partial charge on any atom is 0.263 e. The number of aromatic nitrogens is 1. The number of anilines is 1. The average molecular weight is 267 g/mol. The number of hydrogen-bond acceptors (Lipinski definition) is 5. The predicted molar refractivity (Wildman–Crippen MR) is 71.6 cm³/mol. The maximum atomic E-state index is 11.8. The molecule has 0 aliphatic carbocycles. The summed E-state index contributed by atoms with van der Waals surface area (Å²) >= 11 is 2.96. The van der Waals surface area contributed by atoms with Crippen LogP contribution in [0.5, 0.6) is 0 Å². The van der Waals surface area contributed by atoms with Crippen molar-refractivity contribution in [2.45, 2.75) is 12.8 Å². The molecule has 90 valence electrons. The van der Waals surface area contributed by atoms with Crippen LogP contribution in [0.4, 0.5) is 5.69 Å². The second kappa shape index (κ2) is 5.29.